The van der Waals surface area contributed by atoms with E-state index in [0.717, 1.165) is 5.56 Å². The molecule has 0 radical (unpaired) electrons. The summed E-state index contributed by atoms with van der Waals surface area (Å²) in [5, 5.41) is 8.63. The summed E-state index contributed by atoms with van der Waals surface area (Å²) in [7, 11) is 0. The maximum absolute atomic E-state index is 11.1. The Bertz CT molecular complexity index is 338. The number of esters is 1. The number of rotatable bonds is 3. The highest BCUT2D eigenvalue weighted by Crippen LogP contribution is 2.12. The van der Waals surface area contributed by atoms with Crippen molar-refractivity contribution >= 4 is 5.97 Å². The molecule has 1 N–H and O–H groups in total. The molecular formula is C11H12O3. The SMILES string of the molecule is C=C(CO)C(=O)Oc1ccc(C)cc1. The smallest absolute Gasteiger partial charge is 0.341 e. The van der Waals surface area contributed by atoms with Gasteiger partial charge in [-0.05, 0) is 19.1 Å². The standard InChI is InChI=1S/C11H12O3/c1-8-3-5-10(6-4-8)14-11(13)9(2)7-12/h3-6,12H,2,7H2,1H3. The quantitative estimate of drug-likeness (QED) is 0.448. The van der Waals surface area contributed by atoms with Gasteiger partial charge in [-0.25, -0.2) is 4.79 Å². The molecule has 0 fully saturated rings. The molecule has 74 valence electrons. The Labute approximate surface area is 82.6 Å². The van der Waals surface area contributed by atoms with E-state index in [1.807, 2.05) is 19.1 Å². The molecule has 3 nitrogen and oxygen atoms in total. The second-order valence-corrected chi connectivity index (χ2v) is 2.96. The van der Waals surface area contributed by atoms with Gasteiger partial charge in [0.05, 0.1) is 12.2 Å². The number of benzene rings is 1. The van der Waals surface area contributed by atoms with Gasteiger partial charge in [0.25, 0.3) is 0 Å². The van der Waals surface area contributed by atoms with Crippen LogP contribution in [0, 0.1) is 6.92 Å². The van der Waals surface area contributed by atoms with Crippen molar-refractivity contribution in [3.8, 4) is 5.75 Å². The predicted molar refractivity (Wildman–Crippen MR) is 53.0 cm³/mol. The van der Waals surface area contributed by atoms with E-state index in [1.165, 1.54) is 0 Å². The minimum absolute atomic E-state index is 0.0468. The molecule has 0 aromatic heterocycles. The van der Waals surface area contributed by atoms with Crippen LogP contribution in [0.4, 0.5) is 0 Å². The van der Waals surface area contributed by atoms with Crippen LogP contribution in [0.1, 0.15) is 5.56 Å². The molecule has 0 aliphatic carbocycles. The normalized spacial score (nSPS) is 9.57. The number of aliphatic hydroxyl groups excluding tert-OH is 1. The van der Waals surface area contributed by atoms with E-state index in [2.05, 4.69) is 6.58 Å². The van der Waals surface area contributed by atoms with E-state index < -0.39 is 5.97 Å². The second-order valence-electron chi connectivity index (χ2n) is 2.96. The van der Waals surface area contributed by atoms with Gasteiger partial charge in [-0.15, -0.1) is 0 Å². The Morgan fingerprint density at radius 1 is 1.43 bits per heavy atom. The van der Waals surface area contributed by atoms with Crippen LogP contribution in [0.15, 0.2) is 36.4 Å². The molecule has 0 saturated heterocycles. The van der Waals surface area contributed by atoms with E-state index in [-0.39, 0.29) is 12.2 Å². The third-order valence-corrected chi connectivity index (χ3v) is 1.71. The largest absolute Gasteiger partial charge is 0.423 e. The topological polar surface area (TPSA) is 46.5 Å². The number of carbonyl (C=O) groups is 1. The molecule has 0 spiro atoms. The number of carbonyl (C=O) groups excluding carboxylic acids is 1. The Kier molecular flexibility index (Phi) is 3.42. The van der Waals surface area contributed by atoms with Crippen molar-refractivity contribution in [2.75, 3.05) is 6.61 Å². The zero-order valence-corrected chi connectivity index (χ0v) is 7.99. The fourth-order valence-electron chi connectivity index (χ4n) is 0.850. The van der Waals surface area contributed by atoms with Crippen molar-refractivity contribution in [2.45, 2.75) is 6.92 Å². The van der Waals surface area contributed by atoms with Crippen LogP contribution in [0.5, 0.6) is 5.75 Å². The number of aliphatic hydroxyl groups is 1. The monoisotopic (exact) mass is 192 g/mol. The van der Waals surface area contributed by atoms with Crippen molar-refractivity contribution in [3.63, 3.8) is 0 Å². The van der Waals surface area contributed by atoms with Gasteiger partial charge in [-0.2, -0.15) is 0 Å². The zero-order valence-electron chi connectivity index (χ0n) is 7.99. The van der Waals surface area contributed by atoms with Crippen LogP contribution < -0.4 is 4.74 Å². The van der Waals surface area contributed by atoms with E-state index in [0.29, 0.717) is 5.75 Å². The summed E-state index contributed by atoms with van der Waals surface area (Å²) in [6.45, 7) is 4.92. The van der Waals surface area contributed by atoms with Crippen LogP contribution in [-0.2, 0) is 4.79 Å². The molecule has 0 amide bonds. The Morgan fingerprint density at radius 2 is 2.00 bits per heavy atom. The highest BCUT2D eigenvalue weighted by Gasteiger charge is 2.07. The molecule has 0 bridgehead atoms. The number of hydrogen-bond acceptors (Lipinski definition) is 3. The first kappa shape index (κ1) is 10.5. The first-order valence-corrected chi connectivity index (χ1v) is 4.21. The Hall–Kier alpha value is -1.61. The van der Waals surface area contributed by atoms with E-state index in [1.54, 1.807) is 12.1 Å². The van der Waals surface area contributed by atoms with E-state index in [9.17, 15) is 4.79 Å². The molecule has 0 aliphatic rings. The predicted octanol–water partition coefficient (Wildman–Crippen LogP) is 1.45. The van der Waals surface area contributed by atoms with Crippen LogP contribution in [-0.4, -0.2) is 17.7 Å². The maximum Gasteiger partial charge on any atom is 0.341 e. The van der Waals surface area contributed by atoms with Gasteiger partial charge in [0, 0.05) is 0 Å². The summed E-state index contributed by atoms with van der Waals surface area (Å²) in [5.74, 6) is -0.147. The van der Waals surface area contributed by atoms with Crippen molar-refractivity contribution in [1.82, 2.24) is 0 Å². The van der Waals surface area contributed by atoms with Gasteiger partial charge in [-0.1, -0.05) is 24.3 Å². The van der Waals surface area contributed by atoms with Crippen LogP contribution in [0.3, 0.4) is 0 Å². The average Bonchev–Trinajstić information content (AvgIpc) is 2.20. The van der Waals surface area contributed by atoms with Gasteiger partial charge in [0.15, 0.2) is 0 Å². The Balaban J connectivity index is 2.65. The molecular weight excluding hydrogens is 180 g/mol. The molecule has 0 aliphatic heterocycles. The first-order chi connectivity index (χ1) is 6.63. The molecule has 1 rings (SSSR count). The molecule has 14 heavy (non-hydrogen) atoms. The van der Waals surface area contributed by atoms with Gasteiger partial charge in [0.1, 0.15) is 5.75 Å². The van der Waals surface area contributed by atoms with Gasteiger partial charge >= 0.3 is 5.97 Å². The minimum Gasteiger partial charge on any atom is -0.423 e. The van der Waals surface area contributed by atoms with E-state index >= 15 is 0 Å². The number of hydrogen-bond donors (Lipinski definition) is 1. The van der Waals surface area contributed by atoms with Crippen LogP contribution in [0.2, 0.25) is 0 Å². The third-order valence-electron chi connectivity index (χ3n) is 1.71. The number of ether oxygens (including phenoxy) is 1. The van der Waals surface area contributed by atoms with Crippen LogP contribution in [0.25, 0.3) is 0 Å². The maximum atomic E-state index is 11.1. The number of aryl methyl sites for hydroxylation is 1. The lowest BCUT2D eigenvalue weighted by atomic mass is 10.2. The summed E-state index contributed by atoms with van der Waals surface area (Å²) in [4.78, 5) is 11.1. The van der Waals surface area contributed by atoms with Crippen molar-refractivity contribution in [2.24, 2.45) is 0 Å². The summed E-state index contributed by atoms with van der Waals surface area (Å²) in [5.41, 5.74) is 1.14. The fraction of sp³-hybridized carbons (Fsp3) is 0.182. The molecule has 0 atom stereocenters. The molecule has 1 aromatic rings. The van der Waals surface area contributed by atoms with Gasteiger partial charge in [0.2, 0.25) is 0 Å². The van der Waals surface area contributed by atoms with Gasteiger partial charge < -0.3 is 9.84 Å². The van der Waals surface area contributed by atoms with Crippen LogP contribution >= 0.6 is 0 Å². The lowest BCUT2D eigenvalue weighted by Gasteiger charge is -2.04. The average molecular weight is 192 g/mol. The molecule has 0 heterocycles. The summed E-state index contributed by atoms with van der Waals surface area (Å²) in [6.07, 6.45) is 0. The summed E-state index contributed by atoms with van der Waals surface area (Å²) >= 11 is 0. The fourth-order valence-corrected chi connectivity index (χ4v) is 0.850. The molecule has 0 unspecified atom stereocenters. The second kappa shape index (κ2) is 4.58. The minimum atomic E-state index is -0.601. The lowest BCUT2D eigenvalue weighted by molar-refractivity contribution is -0.130. The van der Waals surface area contributed by atoms with Crippen molar-refractivity contribution < 1.29 is 14.6 Å². The summed E-state index contributed by atoms with van der Waals surface area (Å²) < 4.78 is 4.92. The highest BCUT2D eigenvalue weighted by atomic mass is 16.5. The first-order valence-electron chi connectivity index (χ1n) is 4.21. The highest BCUT2D eigenvalue weighted by molar-refractivity contribution is 5.89. The molecule has 0 saturated carbocycles. The van der Waals surface area contributed by atoms with Crippen molar-refractivity contribution in [1.29, 1.82) is 0 Å². The summed E-state index contributed by atoms with van der Waals surface area (Å²) in [6, 6.07) is 7.06. The van der Waals surface area contributed by atoms with E-state index in [4.69, 9.17) is 9.84 Å². The third kappa shape index (κ3) is 2.71. The zero-order chi connectivity index (χ0) is 10.6. The van der Waals surface area contributed by atoms with Gasteiger partial charge in [-0.3, -0.25) is 0 Å². The Morgan fingerprint density at radius 3 is 2.50 bits per heavy atom. The van der Waals surface area contributed by atoms with Crippen molar-refractivity contribution in [3.05, 3.63) is 42.0 Å². The molecule has 1 aromatic carbocycles. The lowest BCUT2D eigenvalue weighted by Crippen LogP contribution is -2.12. The molecule has 3 heteroatoms.